The summed E-state index contributed by atoms with van der Waals surface area (Å²) in [4.78, 5) is 12.3. The van der Waals surface area contributed by atoms with Gasteiger partial charge in [-0.25, -0.2) is 0 Å². The number of amides is 1. The molecule has 6 nitrogen and oxygen atoms in total. The molecule has 1 aromatic rings. The summed E-state index contributed by atoms with van der Waals surface area (Å²) in [5.74, 6) is 1.55. The smallest absolute Gasteiger partial charge is 0.251 e. The molecule has 0 saturated carbocycles. The van der Waals surface area contributed by atoms with E-state index in [1.165, 1.54) is 0 Å². The van der Waals surface area contributed by atoms with Gasteiger partial charge in [-0.2, -0.15) is 0 Å². The molecule has 3 N–H and O–H groups in total. The molecule has 1 atom stereocenters. The van der Waals surface area contributed by atoms with Crippen LogP contribution < -0.4 is 25.4 Å². The van der Waals surface area contributed by atoms with Gasteiger partial charge in [-0.1, -0.05) is 19.9 Å². The number of methoxy groups -OCH3 is 1. The second-order valence-corrected chi connectivity index (χ2v) is 6.67. The Hall–Kier alpha value is -2.28. The molecule has 7 heteroatoms. The molecule has 136 valence electrons. The van der Waals surface area contributed by atoms with Gasteiger partial charge in [0.2, 0.25) is 0 Å². The Kier molecular flexibility index (Phi) is 6.25. The van der Waals surface area contributed by atoms with Crippen LogP contribution in [0.3, 0.4) is 0 Å². The van der Waals surface area contributed by atoms with Crippen LogP contribution in [0.2, 0.25) is 0 Å². The molecule has 0 fully saturated rings. The van der Waals surface area contributed by atoms with Crippen molar-refractivity contribution in [2.24, 2.45) is 5.92 Å². The lowest BCUT2D eigenvalue weighted by molar-refractivity contribution is -0.117. The average molecular weight is 363 g/mol. The fourth-order valence-corrected chi connectivity index (χ4v) is 2.89. The van der Waals surface area contributed by atoms with E-state index in [9.17, 15) is 4.79 Å². The molecule has 0 spiro atoms. The monoisotopic (exact) mass is 363 g/mol. The fraction of sp³-hybridized carbons (Fsp3) is 0.444. The number of thiocarbonyl (C=S) groups is 1. The highest BCUT2D eigenvalue weighted by atomic mass is 32.1. The summed E-state index contributed by atoms with van der Waals surface area (Å²) < 4.78 is 11.3. The number of hydrogen-bond donors (Lipinski definition) is 3. The van der Waals surface area contributed by atoms with Gasteiger partial charge in [0, 0.05) is 12.7 Å². The van der Waals surface area contributed by atoms with Crippen LogP contribution in [0.15, 0.2) is 29.5 Å². The summed E-state index contributed by atoms with van der Waals surface area (Å²) in [7, 11) is 3.21. The molecule has 1 heterocycles. The zero-order valence-electron chi connectivity index (χ0n) is 15.2. The number of carbonyl (C=O) groups excluding carboxylic acids is 1. The van der Waals surface area contributed by atoms with E-state index in [1.807, 2.05) is 25.1 Å². The van der Waals surface area contributed by atoms with Gasteiger partial charge in [0.25, 0.3) is 5.91 Å². The summed E-state index contributed by atoms with van der Waals surface area (Å²) >= 11 is 5.25. The van der Waals surface area contributed by atoms with Gasteiger partial charge in [0.15, 0.2) is 16.6 Å². The van der Waals surface area contributed by atoms with Crippen molar-refractivity contribution in [3.8, 4) is 11.5 Å². The summed E-state index contributed by atoms with van der Waals surface area (Å²) in [6.45, 7) is 6.61. The second kappa shape index (κ2) is 8.20. The Morgan fingerprint density at radius 1 is 1.36 bits per heavy atom. The first kappa shape index (κ1) is 19.1. The first-order chi connectivity index (χ1) is 11.9. The molecule has 0 saturated heterocycles. The van der Waals surface area contributed by atoms with Gasteiger partial charge in [-0.3, -0.25) is 4.79 Å². The quantitative estimate of drug-likeness (QED) is 0.674. The predicted octanol–water partition coefficient (Wildman–Crippen LogP) is 2.27. The number of benzene rings is 1. The average Bonchev–Trinajstić information content (AvgIpc) is 2.58. The molecule has 0 unspecified atom stereocenters. The van der Waals surface area contributed by atoms with Crippen molar-refractivity contribution in [3.05, 3.63) is 35.0 Å². The van der Waals surface area contributed by atoms with Crippen molar-refractivity contribution < 1.29 is 14.3 Å². The predicted molar refractivity (Wildman–Crippen MR) is 102 cm³/mol. The largest absolute Gasteiger partial charge is 0.493 e. The normalized spacial score (nSPS) is 17.0. The van der Waals surface area contributed by atoms with Crippen LogP contribution in [-0.2, 0) is 4.79 Å². The van der Waals surface area contributed by atoms with E-state index in [0.29, 0.717) is 34.7 Å². The molecule has 0 bridgehead atoms. The maximum absolute atomic E-state index is 12.3. The Morgan fingerprint density at radius 3 is 2.68 bits per heavy atom. The van der Waals surface area contributed by atoms with Crippen LogP contribution in [0.5, 0.6) is 11.5 Å². The molecule has 0 aliphatic carbocycles. The lowest BCUT2D eigenvalue weighted by Crippen LogP contribution is -2.46. The number of ether oxygens (including phenoxy) is 2. The number of rotatable bonds is 6. The Labute approximate surface area is 154 Å². The van der Waals surface area contributed by atoms with E-state index in [1.54, 1.807) is 14.2 Å². The zero-order chi connectivity index (χ0) is 18.6. The van der Waals surface area contributed by atoms with Crippen LogP contribution >= 0.6 is 12.2 Å². The Balaban J connectivity index is 2.40. The maximum Gasteiger partial charge on any atom is 0.251 e. The minimum absolute atomic E-state index is 0.163. The van der Waals surface area contributed by atoms with Gasteiger partial charge in [0.05, 0.1) is 25.3 Å². The summed E-state index contributed by atoms with van der Waals surface area (Å²) in [6, 6.07) is 5.29. The molecule has 0 radical (unpaired) electrons. The van der Waals surface area contributed by atoms with Gasteiger partial charge in [-0.15, -0.1) is 0 Å². The highest BCUT2D eigenvalue weighted by Gasteiger charge is 2.29. The Morgan fingerprint density at radius 2 is 2.08 bits per heavy atom. The molecule has 2 rings (SSSR count). The Bertz CT molecular complexity index is 701. The van der Waals surface area contributed by atoms with E-state index in [2.05, 4.69) is 29.8 Å². The number of allylic oxidation sites excluding steroid dienone is 1. The molecule has 1 aliphatic heterocycles. The number of hydrogen-bond acceptors (Lipinski definition) is 4. The molecule has 1 amide bonds. The van der Waals surface area contributed by atoms with Crippen molar-refractivity contribution in [3.63, 3.8) is 0 Å². The van der Waals surface area contributed by atoms with Crippen LogP contribution in [0.1, 0.15) is 32.4 Å². The molecule has 25 heavy (non-hydrogen) atoms. The standard InChI is InChI=1S/C18H25N3O3S/c1-10(2)9-24-13-7-6-12(8-14(13)23-5)16-15(17(22)19-4)11(3)20-18(25)21-16/h6-8,10,16H,9H2,1-5H3,(H,19,22)(H2,20,21,25)/t16-/m0/s1. The number of likely N-dealkylation sites (N-methyl/N-ethyl adjacent to an activating group) is 1. The molecule has 1 aliphatic rings. The summed E-state index contributed by atoms with van der Waals surface area (Å²) in [5, 5.41) is 9.31. The molecular weight excluding hydrogens is 338 g/mol. The van der Waals surface area contributed by atoms with Gasteiger partial charge in [0.1, 0.15) is 0 Å². The SMILES string of the molecule is CNC(=O)C1=C(C)NC(=S)N[C@H]1c1ccc(OCC(C)C)c(OC)c1. The third-order valence-electron chi connectivity index (χ3n) is 3.83. The zero-order valence-corrected chi connectivity index (χ0v) is 16.0. The van der Waals surface area contributed by atoms with Crippen molar-refractivity contribution in [1.29, 1.82) is 0 Å². The fourth-order valence-electron chi connectivity index (χ4n) is 2.62. The van der Waals surface area contributed by atoms with Gasteiger partial charge in [-0.05, 0) is 42.8 Å². The van der Waals surface area contributed by atoms with Crippen molar-refractivity contribution in [2.75, 3.05) is 20.8 Å². The van der Waals surface area contributed by atoms with Crippen molar-refractivity contribution in [2.45, 2.75) is 26.8 Å². The van der Waals surface area contributed by atoms with Gasteiger partial charge >= 0.3 is 0 Å². The van der Waals surface area contributed by atoms with E-state index < -0.39 is 0 Å². The van der Waals surface area contributed by atoms with Gasteiger partial charge < -0.3 is 25.4 Å². The van der Waals surface area contributed by atoms with Crippen molar-refractivity contribution in [1.82, 2.24) is 16.0 Å². The van der Waals surface area contributed by atoms with E-state index in [-0.39, 0.29) is 11.9 Å². The first-order valence-electron chi connectivity index (χ1n) is 8.18. The minimum atomic E-state index is -0.359. The topological polar surface area (TPSA) is 71.6 Å². The third-order valence-corrected chi connectivity index (χ3v) is 4.05. The van der Waals surface area contributed by atoms with Crippen LogP contribution in [0.4, 0.5) is 0 Å². The van der Waals surface area contributed by atoms with Crippen LogP contribution in [0.25, 0.3) is 0 Å². The second-order valence-electron chi connectivity index (χ2n) is 6.26. The van der Waals surface area contributed by atoms with Crippen molar-refractivity contribution >= 4 is 23.2 Å². The van der Waals surface area contributed by atoms with Crippen LogP contribution in [-0.4, -0.2) is 31.8 Å². The number of carbonyl (C=O) groups is 1. The van der Waals surface area contributed by atoms with E-state index >= 15 is 0 Å². The summed E-state index contributed by atoms with van der Waals surface area (Å²) in [6.07, 6.45) is 0. The minimum Gasteiger partial charge on any atom is -0.493 e. The van der Waals surface area contributed by atoms with E-state index in [0.717, 1.165) is 11.3 Å². The number of nitrogens with one attached hydrogen (secondary N) is 3. The third kappa shape index (κ3) is 4.42. The summed E-state index contributed by atoms with van der Waals surface area (Å²) in [5.41, 5.74) is 2.19. The molecular formula is C18H25N3O3S. The lowest BCUT2D eigenvalue weighted by Gasteiger charge is -2.30. The highest BCUT2D eigenvalue weighted by molar-refractivity contribution is 7.80. The van der Waals surface area contributed by atoms with Crippen LogP contribution in [0, 0.1) is 5.92 Å². The highest BCUT2D eigenvalue weighted by Crippen LogP contribution is 2.34. The maximum atomic E-state index is 12.3. The lowest BCUT2D eigenvalue weighted by atomic mass is 9.94. The molecule has 1 aromatic carbocycles. The van der Waals surface area contributed by atoms with E-state index in [4.69, 9.17) is 21.7 Å². The molecule has 0 aromatic heterocycles. The first-order valence-corrected chi connectivity index (χ1v) is 8.59.